The summed E-state index contributed by atoms with van der Waals surface area (Å²) in [6.07, 6.45) is 5.33. The molecule has 2 aliphatic rings. The van der Waals surface area contributed by atoms with Crippen LogP contribution in [-0.4, -0.2) is 72.8 Å². The van der Waals surface area contributed by atoms with Gasteiger partial charge in [-0.05, 0) is 43.6 Å². The molecule has 1 N–H and O–H groups in total. The van der Waals surface area contributed by atoms with Crippen LogP contribution in [0.15, 0.2) is 36.7 Å². The van der Waals surface area contributed by atoms with Crippen LogP contribution < -0.4 is 10.2 Å². The molecule has 3 heterocycles. The number of benzene rings is 1. The van der Waals surface area contributed by atoms with Crippen LogP contribution in [0.4, 0.5) is 11.6 Å². The summed E-state index contributed by atoms with van der Waals surface area (Å²) in [5.74, 6) is 0.409. The number of carbonyl (C=O) groups excluding carboxylic acids is 1. The van der Waals surface area contributed by atoms with E-state index in [1.165, 1.54) is 0 Å². The van der Waals surface area contributed by atoms with Crippen molar-refractivity contribution < 1.29 is 14.3 Å². The zero-order valence-corrected chi connectivity index (χ0v) is 19.0. The number of ether oxygens (including phenoxy) is 2. The SMILES string of the molecule is CCN(CC)[C@@H]1CCO[C@H](c2ccc(NC(=O)c3cnc(N4CCOCC4)nc3)cc2)C1. The first-order chi connectivity index (χ1) is 15.7. The number of anilines is 2. The average molecular weight is 440 g/mol. The molecule has 2 fully saturated rings. The van der Waals surface area contributed by atoms with Crippen molar-refractivity contribution in [2.45, 2.75) is 38.8 Å². The maximum Gasteiger partial charge on any atom is 0.258 e. The van der Waals surface area contributed by atoms with E-state index in [0.29, 0.717) is 30.8 Å². The van der Waals surface area contributed by atoms with Gasteiger partial charge in [-0.3, -0.25) is 4.79 Å². The highest BCUT2D eigenvalue weighted by atomic mass is 16.5. The predicted molar refractivity (Wildman–Crippen MR) is 124 cm³/mol. The zero-order valence-electron chi connectivity index (χ0n) is 19.0. The normalized spacial score (nSPS) is 21.5. The molecule has 2 atom stereocenters. The molecule has 1 amide bonds. The lowest BCUT2D eigenvalue weighted by molar-refractivity contribution is -0.0265. The summed E-state index contributed by atoms with van der Waals surface area (Å²) in [5, 5.41) is 2.93. The molecule has 2 aliphatic heterocycles. The maximum atomic E-state index is 12.6. The number of aromatic nitrogens is 2. The van der Waals surface area contributed by atoms with Gasteiger partial charge in [0, 0.05) is 43.8 Å². The van der Waals surface area contributed by atoms with E-state index in [1.54, 1.807) is 12.4 Å². The average Bonchev–Trinajstić information content (AvgIpc) is 2.86. The molecule has 0 spiro atoms. The molecule has 0 radical (unpaired) electrons. The summed E-state index contributed by atoms with van der Waals surface area (Å²) in [7, 11) is 0. The van der Waals surface area contributed by atoms with Gasteiger partial charge in [0.2, 0.25) is 5.95 Å². The fourth-order valence-electron chi connectivity index (χ4n) is 4.43. The molecule has 172 valence electrons. The Morgan fingerprint density at radius 3 is 2.44 bits per heavy atom. The van der Waals surface area contributed by atoms with Crippen molar-refractivity contribution in [2.75, 3.05) is 56.2 Å². The van der Waals surface area contributed by atoms with Crippen molar-refractivity contribution in [2.24, 2.45) is 0 Å². The second-order valence-electron chi connectivity index (χ2n) is 8.21. The van der Waals surface area contributed by atoms with Crippen molar-refractivity contribution in [1.82, 2.24) is 14.9 Å². The number of amides is 1. The van der Waals surface area contributed by atoms with Crippen LogP contribution >= 0.6 is 0 Å². The van der Waals surface area contributed by atoms with Gasteiger partial charge in [-0.25, -0.2) is 9.97 Å². The summed E-state index contributed by atoms with van der Waals surface area (Å²) in [5.41, 5.74) is 2.33. The monoisotopic (exact) mass is 439 g/mol. The highest BCUT2D eigenvalue weighted by molar-refractivity contribution is 6.03. The number of rotatable bonds is 7. The quantitative estimate of drug-likeness (QED) is 0.710. The number of nitrogens with zero attached hydrogens (tertiary/aromatic N) is 4. The largest absolute Gasteiger partial charge is 0.378 e. The molecule has 4 rings (SSSR count). The summed E-state index contributed by atoms with van der Waals surface area (Å²) >= 11 is 0. The van der Waals surface area contributed by atoms with Gasteiger partial charge in [0.05, 0.1) is 24.9 Å². The van der Waals surface area contributed by atoms with E-state index in [0.717, 1.165) is 56.9 Å². The van der Waals surface area contributed by atoms with Gasteiger partial charge >= 0.3 is 0 Å². The van der Waals surface area contributed by atoms with E-state index < -0.39 is 0 Å². The third kappa shape index (κ3) is 5.43. The zero-order chi connectivity index (χ0) is 22.3. The summed E-state index contributed by atoms with van der Waals surface area (Å²) in [6.45, 7) is 10.2. The van der Waals surface area contributed by atoms with Crippen molar-refractivity contribution in [3.63, 3.8) is 0 Å². The Morgan fingerprint density at radius 2 is 1.78 bits per heavy atom. The van der Waals surface area contributed by atoms with Crippen LogP contribution in [0.1, 0.15) is 48.7 Å². The van der Waals surface area contributed by atoms with Crippen LogP contribution in [0, 0.1) is 0 Å². The lowest BCUT2D eigenvalue weighted by Gasteiger charge is -2.36. The molecule has 8 nitrogen and oxygen atoms in total. The number of carbonyl (C=O) groups is 1. The molecule has 2 saturated heterocycles. The van der Waals surface area contributed by atoms with Crippen molar-refractivity contribution >= 4 is 17.5 Å². The molecule has 1 aromatic heterocycles. The van der Waals surface area contributed by atoms with Gasteiger partial charge in [-0.2, -0.15) is 0 Å². The Kier molecular flexibility index (Phi) is 7.68. The minimum absolute atomic E-state index is 0.0974. The molecular formula is C24H33N5O3. The van der Waals surface area contributed by atoms with Crippen LogP contribution in [0.3, 0.4) is 0 Å². The number of morpholine rings is 1. The van der Waals surface area contributed by atoms with E-state index in [1.807, 2.05) is 24.3 Å². The second kappa shape index (κ2) is 10.8. The summed E-state index contributed by atoms with van der Waals surface area (Å²) < 4.78 is 11.4. The number of hydrogen-bond acceptors (Lipinski definition) is 7. The topological polar surface area (TPSA) is 79.8 Å². The first-order valence-electron chi connectivity index (χ1n) is 11.6. The van der Waals surface area contributed by atoms with Crippen molar-refractivity contribution in [1.29, 1.82) is 0 Å². The number of hydrogen-bond donors (Lipinski definition) is 1. The first-order valence-corrected chi connectivity index (χ1v) is 11.6. The van der Waals surface area contributed by atoms with Gasteiger partial charge in [0.25, 0.3) is 5.91 Å². The van der Waals surface area contributed by atoms with Crippen LogP contribution in [-0.2, 0) is 9.47 Å². The van der Waals surface area contributed by atoms with E-state index in [-0.39, 0.29) is 12.0 Å². The van der Waals surface area contributed by atoms with Gasteiger partial charge in [0.1, 0.15) is 0 Å². The van der Waals surface area contributed by atoms with Crippen LogP contribution in [0.5, 0.6) is 0 Å². The van der Waals surface area contributed by atoms with Gasteiger partial charge < -0.3 is 24.6 Å². The van der Waals surface area contributed by atoms with Crippen molar-refractivity contribution in [3.05, 3.63) is 47.8 Å². The van der Waals surface area contributed by atoms with E-state index >= 15 is 0 Å². The molecule has 1 aromatic carbocycles. The minimum Gasteiger partial charge on any atom is -0.378 e. The smallest absolute Gasteiger partial charge is 0.258 e. The first kappa shape index (κ1) is 22.6. The van der Waals surface area contributed by atoms with Gasteiger partial charge in [0.15, 0.2) is 0 Å². The Hall–Kier alpha value is -2.55. The van der Waals surface area contributed by atoms with Crippen LogP contribution in [0.25, 0.3) is 0 Å². The third-order valence-corrected chi connectivity index (χ3v) is 6.32. The summed E-state index contributed by atoms with van der Waals surface area (Å²) in [6, 6.07) is 8.51. The lowest BCUT2D eigenvalue weighted by atomic mass is 9.96. The standard InChI is InChI=1S/C24H33N5O3/c1-3-28(4-2)21-9-12-32-22(15-21)18-5-7-20(8-6-18)27-23(30)19-16-25-24(26-17-19)29-10-13-31-14-11-29/h5-8,16-17,21-22H,3-4,9-15H2,1-2H3,(H,27,30)/t21-,22+/m1/s1. The molecule has 0 unspecified atom stereocenters. The third-order valence-electron chi connectivity index (χ3n) is 6.32. The lowest BCUT2D eigenvalue weighted by Crippen LogP contribution is -2.40. The highest BCUT2D eigenvalue weighted by Gasteiger charge is 2.27. The Bertz CT molecular complexity index is 864. The van der Waals surface area contributed by atoms with Crippen molar-refractivity contribution in [3.8, 4) is 0 Å². The fraction of sp³-hybridized carbons (Fsp3) is 0.542. The maximum absolute atomic E-state index is 12.6. The van der Waals surface area contributed by atoms with Gasteiger partial charge in [-0.15, -0.1) is 0 Å². The Balaban J connectivity index is 1.34. The highest BCUT2D eigenvalue weighted by Crippen LogP contribution is 2.31. The minimum atomic E-state index is -0.221. The molecule has 0 aliphatic carbocycles. The van der Waals surface area contributed by atoms with E-state index in [9.17, 15) is 4.79 Å². The molecule has 8 heteroatoms. The van der Waals surface area contributed by atoms with Crippen LogP contribution in [0.2, 0.25) is 0 Å². The second-order valence-corrected chi connectivity index (χ2v) is 8.21. The molecule has 0 saturated carbocycles. The summed E-state index contributed by atoms with van der Waals surface area (Å²) in [4.78, 5) is 25.9. The van der Waals surface area contributed by atoms with E-state index in [4.69, 9.17) is 9.47 Å². The molecule has 2 aromatic rings. The molecule has 0 bridgehead atoms. The fourth-order valence-corrected chi connectivity index (χ4v) is 4.43. The molecular weight excluding hydrogens is 406 g/mol. The predicted octanol–water partition coefficient (Wildman–Crippen LogP) is 3.13. The molecule has 32 heavy (non-hydrogen) atoms. The Morgan fingerprint density at radius 1 is 1.09 bits per heavy atom. The van der Waals surface area contributed by atoms with E-state index in [2.05, 4.69) is 38.9 Å². The number of nitrogens with one attached hydrogen (secondary N) is 1. The Labute approximate surface area is 189 Å². The van der Waals surface area contributed by atoms with Gasteiger partial charge in [-0.1, -0.05) is 26.0 Å².